The fraction of sp³-hybridized carbons (Fsp3) is 0.600. The van der Waals surface area contributed by atoms with Crippen LogP contribution in [0, 0.1) is 11.2 Å². The van der Waals surface area contributed by atoms with Crippen LogP contribution in [0.4, 0.5) is 4.39 Å². The van der Waals surface area contributed by atoms with E-state index in [2.05, 4.69) is 19.2 Å². The second-order valence-corrected chi connectivity index (χ2v) is 5.67. The standard InChI is InChI=1S/C15H22FN/c1-12(13-5-7-14(16)8-6-13)17-11-15(2)9-3-4-10-15/h5-8,12,17H,3-4,9-11H2,1-2H3. The van der Waals surface area contributed by atoms with Gasteiger partial charge in [-0.1, -0.05) is 31.9 Å². The van der Waals surface area contributed by atoms with Gasteiger partial charge in [-0.25, -0.2) is 4.39 Å². The lowest BCUT2D eigenvalue weighted by atomic mass is 9.88. The van der Waals surface area contributed by atoms with Gasteiger partial charge >= 0.3 is 0 Å². The van der Waals surface area contributed by atoms with Crippen molar-refractivity contribution in [3.8, 4) is 0 Å². The van der Waals surface area contributed by atoms with Crippen LogP contribution in [0.3, 0.4) is 0 Å². The third-order valence-corrected chi connectivity index (χ3v) is 4.02. The molecule has 0 spiro atoms. The highest BCUT2D eigenvalue weighted by Crippen LogP contribution is 2.37. The van der Waals surface area contributed by atoms with Crippen LogP contribution in [0.25, 0.3) is 0 Å². The van der Waals surface area contributed by atoms with Crippen molar-refractivity contribution < 1.29 is 4.39 Å². The van der Waals surface area contributed by atoms with Gasteiger partial charge in [0.15, 0.2) is 0 Å². The minimum absolute atomic E-state index is 0.163. The molecule has 1 aliphatic rings. The molecule has 1 atom stereocenters. The number of hydrogen-bond donors (Lipinski definition) is 1. The molecule has 0 saturated heterocycles. The molecule has 0 amide bonds. The minimum atomic E-state index is -0.163. The van der Waals surface area contributed by atoms with Gasteiger partial charge in [0.05, 0.1) is 0 Å². The summed E-state index contributed by atoms with van der Waals surface area (Å²) >= 11 is 0. The maximum Gasteiger partial charge on any atom is 0.123 e. The summed E-state index contributed by atoms with van der Waals surface area (Å²) in [7, 11) is 0. The lowest BCUT2D eigenvalue weighted by molar-refractivity contribution is 0.302. The van der Waals surface area contributed by atoms with Gasteiger partial charge < -0.3 is 5.32 Å². The monoisotopic (exact) mass is 235 g/mol. The van der Waals surface area contributed by atoms with Crippen molar-refractivity contribution >= 4 is 0 Å². The zero-order chi connectivity index (χ0) is 12.3. The SMILES string of the molecule is CC(NCC1(C)CCCC1)c1ccc(F)cc1. The Morgan fingerprint density at radius 3 is 2.41 bits per heavy atom. The molecule has 0 radical (unpaired) electrons. The van der Waals surface area contributed by atoms with E-state index in [4.69, 9.17) is 0 Å². The molecule has 17 heavy (non-hydrogen) atoms. The molecule has 1 nitrogen and oxygen atoms in total. The average molecular weight is 235 g/mol. The Morgan fingerprint density at radius 1 is 1.24 bits per heavy atom. The quantitative estimate of drug-likeness (QED) is 0.830. The second-order valence-electron chi connectivity index (χ2n) is 5.67. The summed E-state index contributed by atoms with van der Waals surface area (Å²) in [6, 6.07) is 7.09. The van der Waals surface area contributed by atoms with E-state index in [1.807, 2.05) is 12.1 Å². The van der Waals surface area contributed by atoms with E-state index < -0.39 is 0 Å². The third kappa shape index (κ3) is 3.29. The highest BCUT2D eigenvalue weighted by Gasteiger charge is 2.28. The topological polar surface area (TPSA) is 12.0 Å². The molecule has 1 saturated carbocycles. The van der Waals surface area contributed by atoms with Crippen LogP contribution < -0.4 is 5.32 Å². The fourth-order valence-electron chi connectivity index (χ4n) is 2.67. The Kier molecular flexibility index (Phi) is 3.82. The lowest BCUT2D eigenvalue weighted by Gasteiger charge is -2.26. The maximum atomic E-state index is 12.8. The van der Waals surface area contributed by atoms with Crippen molar-refractivity contribution in [3.63, 3.8) is 0 Å². The average Bonchev–Trinajstić information content (AvgIpc) is 2.75. The number of halogens is 1. The molecule has 0 aliphatic heterocycles. The van der Waals surface area contributed by atoms with E-state index in [0.717, 1.165) is 12.1 Å². The van der Waals surface area contributed by atoms with Gasteiger partial charge in [0.25, 0.3) is 0 Å². The molecule has 1 aliphatic carbocycles. The van der Waals surface area contributed by atoms with Crippen LogP contribution in [0.15, 0.2) is 24.3 Å². The first-order valence-corrected chi connectivity index (χ1v) is 6.58. The van der Waals surface area contributed by atoms with Crippen LogP contribution in [-0.4, -0.2) is 6.54 Å². The Balaban J connectivity index is 1.88. The lowest BCUT2D eigenvalue weighted by Crippen LogP contribution is -2.31. The van der Waals surface area contributed by atoms with E-state index in [-0.39, 0.29) is 5.82 Å². The fourth-order valence-corrected chi connectivity index (χ4v) is 2.67. The van der Waals surface area contributed by atoms with E-state index >= 15 is 0 Å². The van der Waals surface area contributed by atoms with Crippen LogP contribution in [0.2, 0.25) is 0 Å². The van der Waals surface area contributed by atoms with E-state index in [0.29, 0.717) is 11.5 Å². The highest BCUT2D eigenvalue weighted by molar-refractivity contribution is 5.19. The Labute approximate surface area is 103 Å². The molecule has 0 aromatic heterocycles. The normalized spacial score (nSPS) is 20.4. The first-order chi connectivity index (χ1) is 8.09. The van der Waals surface area contributed by atoms with E-state index in [1.54, 1.807) is 0 Å². The summed E-state index contributed by atoms with van der Waals surface area (Å²) < 4.78 is 12.8. The zero-order valence-electron chi connectivity index (χ0n) is 10.8. The zero-order valence-corrected chi connectivity index (χ0v) is 10.8. The van der Waals surface area contributed by atoms with Crippen molar-refractivity contribution in [2.24, 2.45) is 5.41 Å². The van der Waals surface area contributed by atoms with Crippen molar-refractivity contribution in [1.29, 1.82) is 0 Å². The summed E-state index contributed by atoms with van der Waals surface area (Å²) in [6.45, 7) is 5.57. The van der Waals surface area contributed by atoms with Crippen molar-refractivity contribution in [2.75, 3.05) is 6.54 Å². The maximum absolute atomic E-state index is 12.8. The molecule has 2 rings (SSSR count). The second kappa shape index (κ2) is 5.18. The molecule has 94 valence electrons. The summed E-state index contributed by atoms with van der Waals surface area (Å²) in [5.41, 5.74) is 1.63. The molecule has 1 unspecified atom stereocenters. The van der Waals surface area contributed by atoms with Gasteiger partial charge in [-0.2, -0.15) is 0 Å². The Bertz CT molecular complexity index is 352. The summed E-state index contributed by atoms with van der Waals surface area (Å²) in [5, 5.41) is 3.58. The first-order valence-electron chi connectivity index (χ1n) is 6.58. The predicted molar refractivity (Wildman–Crippen MR) is 69.4 cm³/mol. The van der Waals surface area contributed by atoms with Gasteiger partial charge in [0, 0.05) is 12.6 Å². The van der Waals surface area contributed by atoms with E-state index in [1.165, 1.54) is 37.8 Å². The Hall–Kier alpha value is -0.890. The summed E-state index contributed by atoms with van der Waals surface area (Å²) in [4.78, 5) is 0. The van der Waals surface area contributed by atoms with Crippen LogP contribution in [0.5, 0.6) is 0 Å². The molecular weight excluding hydrogens is 213 g/mol. The van der Waals surface area contributed by atoms with Crippen LogP contribution in [0.1, 0.15) is 51.1 Å². The number of benzene rings is 1. The van der Waals surface area contributed by atoms with Crippen LogP contribution >= 0.6 is 0 Å². The van der Waals surface area contributed by atoms with Gasteiger partial charge in [0.2, 0.25) is 0 Å². The Morgan fingerprint density at radius 2 is 1.82 bits per heavy atom. The predicted octanol–water partition coefficient (Wildman–Crippen LogP) is 4.06. The molecule has 0 heterocycles. The minimum Gasteiger partial charge on any atom is -0.310 e. The van der Waals surface area contributed by atoms with Crippen molar-refractivity contribution in [3.05, 3.63) is 35.6 Å². The molecule has 0 bridgehead atoms. The molecule has 1 N–H and O–H groups in total. The summed E-state index contributed by atoms with van der Waals surface area (Å²) in [5.74, 6) is -0.163. The number of nitrogens with one attached hydrogen (secondary N) is 1. The first kappa shape index (κ1) is 12.6. The number of hydrogen-bond acceptors (Lipinski definition) is 1. The molecular formula is C15H22FN. The van der Waals surface area contributed by atoms with E-state index in [9.17, 15) is 4.39 Å². The van der Waals surface area contributed by atoms with Gasteiger partial charge in [-0.05, 0) is 42.9 Å². The van der Waals surface area contributed by atoms with Gasteiger partial charge in [0.1, 0.15) is 5.82 Å². The van der Waals surface area contributed by atoms with Gasteiger partial charge in [-0.15, -0.1) is 0 Å². The smallest absolute Gasteiger partial charge is 0.123 e. The molecule has 1 fully saturated rings. The molecule has 1 aromatic carbocycles. The summed E-state index contributed by atoms with van der Waals surface area (Å²) in [6.07, 6.45) is 5.39. The third-order valence-electron chi connectivity index (χ3n) is 4.02. The highest BCUT2D eigenvalue weighted by atomic mass is 19.1. The molecule has 1 aromatic rings. The van der Waals surface area contributed by atoms with Crippen LogP contribution in [-0.2, 0) is 0 Å². The van der Waals surface area contributed by atoms with Crippen molar-refractivity contribution in [2.45, 2.75) is 45.6 Å². The molecule has 2 heteroatoms. The van der Waals surface area contributed by atoms with Gasteiger partial charge in [-0.3, -0.25) is 0 Å². The van der Waals surface area contributed by atoms with Crippen molar-refractivity contribution in [1.82, 2.24) is 5.32 Å². The number of rotatable bonds is 4. The largest absolute Gasteiger partial charge is 0.310 e.